The van der Waals surface area contributed by atoms with Crippen molar-refractivity contribution in [2.24, 2.45) is 0 Å². The summed E-state index contributed by atoms with van der Waals surface area (Å²) in [5.74, 6) is -0.264. The molecule has 2 aromatic heterocycles. The van der Waals surface area contributed by atoms with E-state index < -0.39 is 10.0 Å². The van der Waals surface area contributed by atoms with Gasteiger partial charge in [0.05, 0.1) is 16.0 Å². The summed E-state index contributed by atoms with van der Waals surface area (Å²) < 4.78 is 26.8. The lowest BCUT2D eigenvalue weighted by Gasteiger charge is -2.07. The van der Waals surface area contributed by atoms with Crippen molar-refractivity contribution in [3.63, 3.8) is 0 Å². The molecule has 3 aromatic rings. The maximum atomic E-state index is 12.2. The summed E-state index contributed by atoms with van der Waals surface area (Å²) in [6.07, 6.45) is 1.53. The van der Waals surface area contributed by atoms with Crippen molar-refractivity contribution < 1.29 is 13.2 Å². The van der Waals surface area contributed by atoms with Crippen LogP contribution in [0.3, 0.4) is 0 Å². The number of thiophene rings is 1. The highest BCUT2D eigenvalue weighted by atomic mass is 32.2. The van der Waals surface area contributed by atoms with Gasteiger partial charge in [-0.15, -0.1) is 22.7 Å². The third kappa shape index (κ3) is 4.55. The predicted molar refractivity (Wildman–Crippen MR) is 104 cm³/mol. The highest BCUT2D eigenvalue weighted by Gasteiger charge is 2.14. The zero-order valence-corrected chi connectivity index (χ0v) is 16.4. The standard InChI is InChI=1S/C17H17N3O3S3/c1-12-4-6-13(7-5-12)26(22,23)20-9-8-18-16(21)15-11-19-17(25-15)14-3-2-10-24-14/h2-7,10-11,20H,8-9H2,1H3,(H,18,21). The van der Waals surface area contributed by atoms with Crippen molar-refractivity contribution in [1.29, 1.82) is 0 Å². The quantitative estimate of drug-likeness (QED) is 0.590. The molecule has 1 aromatic carbocycles. The molecule has 0 bridgehead atoms. The minimum absolute atomic E-state index is 0.110. The Kier molecular flexibility index (Phi) is 5.82. The van der Waals surface area contributed by atoms with Crippen LogP contribution >= 0.6 is 22.7 Å². The zero-order chi connectivity index (χ0) is 18.6. The number of nitrogens with zero attached hydrogens (tertiary/aromatic N) is 1. The third-order valence-electron chi connectivity index (χ3n) is 3.50. The predicted octanol–water partition coefficient (Wildman–Crippen LogP) is 2.89. The van der Waals surface area contributed by atoms with Gasteiger partial charge in [-0.05, 0) is 30.5 Å². The van der Waals surface area contributed by atoms with Crippen LogP contribution in [0.1, 0.15) is 15.2 Å². The number of carbonyl (C=O) groups is 1. The van der Waals surface area contributed by atoms with Crippen LogP contribution in [0.25, 0.3) is 9.88 Å². The Balaban J connectivity index is 1.50. The fraction of sp³-hybridized carbons (Fsp3) is 0.176. The number of carbonyl (C=O) groups excluding carboxylic acids is 1. The third-order valence-corrected chi connectivity index (χ3v) is 7.01. The van der Waals surface area contributed by atoms with Gasteiger partial charge in [0, 0.05) is 13.1 Å². The van der Waals surface area contributed by atoms with E-state index in [-0.39, 0.29) is 23.9 Å². The molecule has 2 N–H and O–H groups in total. The van der Waals surface area contributed by atoms with Gasteiger partial charge in [0.25, 0.3) is 5.91 Å². The molecular weight excluding hydrogens is 390 g/mol. The van der Waals surface area contributed by atoms with E-state index in [1.54, 1.807) is 35.6 Å². The van der Waals surface area contributed by atoms with E-state index in [1.807, 2.05) is 24.4 Å². The molecular formula is C17H17N3O3S3. The lowest BCUT2D eigenvalue weighted by Crippen LogP contribution is -2.34. The van der Waals surface area contributed by atoms with Crippen LogP contribution in [-0.2, 0) is 10.0 Å². The van der Waals surface area contributed by atoms with Gasteiger partial charge >= 0.3 is 0 Å². The number of aryl methyl sites for hydroxylation is 1. The minimum atomic E-state index is -3.57. The number of hydrogen-bond donors (Lipinski definition) is 2. The summed E-state index contributed by atoms with van der Waals surface area (Å²) >= 11 is 2.87. The first kappa shape index (κ1) is 18.7. The number of rotatable bonds is 7. The van der Waals surface area contributed by atoms with Crippen molar-refractivity contribution >= 4 is 38.6 Å². The first-order valence-corrected chi connectivity index (χ1v) is 11.0. The van der Waals surface area contributed by atoms with Crippen molar-refractivity contribution in [3.8, 4) is 9.88 Å². The number of hydrogen-bond acceptors (Lipinski definition) is 6. The molecule has 0 spiro atoms. The molecule has 0 aliphatic carbocycles. The van der Waals surface area contributed by atoms with Crippen LogP contribution in [-0.4, -0.2) is 32.4 Å². The maximum Gasteiger partial charge on any atom is 0.263 e. The molecule has 0 aliphatic rings. The lowest BCUT2D eigenvalue weighted by atomic mass is 10.2. The number of sulfonamides is 1. The summed E-state index contributed by atoms with van der Waals surface area (Å²) in [7, 11) is -3.57. The van der Waals surface area contributed by atoms with Crippen molar-refractivity contribution in [2.45, 2.75) is 11.8 Å². The van der Waals surface area contributed by atoms with Crippen molar-refractivity contribution in [2.75, 3.05) is 13.1 Å². The van der Waals surface area contributed by atoms with Crippen molar-refractivity contribution in [3.05, 3.63) is 58.4 Å². The van der Waals surface area contributed by atoms with Gasteiger partial charge in [0.1, 0.15) is 9.88 Å². The van der Waals surface area contributed by atoms with Crippen LogP contribution in [0.2, 0.25) is 0 Å². The molecule has 0 unspecified atom stereocenters. The molecule has 0 saturated heterocycles. The van der Waals surface area contributed by atoms with E-state index in [4.69, 9.17) is 0 Å². The van der Waals surface area contributed by atoms with Gasteiger partial charge < -0.3 is 5.32 Å². The number of aromatic nitrogens is 1. The normalized spacial score (nSPS) is 11.4. The van der Waals surface area contributed by atoms with E-state index in [1.165, 1.54) is 17.5 Å². The summed E-state index contributed by atoms with van der Waals surface area (Å²) in [4.78, 5) is 18.1. The molecule has 9 heteroatoms. The molecule has 0 aliphatic heterocycles. The fourth-order valence-corrected chi connectivity index (χ4v) is 4.81. The summed E-state index contributed by atoms with van der Waals surface area (Å²) in [5, 5.41) is 5.45. The van der Waals surface area contributed by atoms with E-state index in [0.29, 0.717) is 4.88 Å². The average Bonchev–Trinajstić information content (AvgIpc) is 3.30. The Morgan fingerprint density at radius 2 is 1.92 bits per heavy atom. The summed E-state index contributed by atoms with van der Waals surface area (Å²) in [5.41, 5.74) is 0.989. The maximum absolute atomic E-state index is 12.2. The molecule has 6 nitrogen and oxygen atoms in total. The number of nitrogens with one attached hydrogen (secondary N) is 2. The van der Waals surface area contributed by atoms with Crippen LogP contribution in [0.5, 0.6) is 0 Å². The van der Waals surface area contributed by atoms with E-state index in [0.717, 1.165) is 15.4 Å². The Bertz CT molecular complexity index is 978. The van der Waals surface area contributed by atoms with Crippen LogP contribution in [0, 0.1) is 6.92 Å². The summed E-state index contributed by atoms with van der Waals surface area (Å²) in [6.45, 7) is 2.19. The van der Waals surface area contributed by atoms with Gasteiger partial charge in [0.2, 0.25) is 10.0 Å². The first-order chi connectivity index (χ1) is 12.5. The number of amides is 1. The molecule has 0 saturated carbocycles. The molecule has 0 atom stereocenters. The van der Waals surface area contributed by atoms with Gasteiger partial charge in [-0.1, -0.05) is 23.8 Å². The second-order valence-electron chi connectivity index (χ2n) is 5.47. The lowest BCUT2D eigenvalue weighted by molar-refractivity contribution is 0.0958. The van der Waals surface area contributed by atoms with Gasteiger partial charge in [0.15, 0.2) is 0 Å². The second kappa shape index (κ2) is 8.09. The molecule has 0 fully saturated rings. The molecule has 3 rings (SSSR count). The highest BCUT2D eigenvalue weighted by molar-refractivity contribution is 7.89. The Morgan fingerprint density at radius 1 is 1.15 bits per heavy atom. The molecule has 26 heavy (non-hydrogen) atoms. The molecule has 0 radical (unpaired) electrons. The number of thiazole rings is 1. The highest BCUT2D eigenvalue weighted by Crippen LogP contribution is 2.28. The smallest absolute Gasteiger partial charge is 0.263 e. The van der Waals surface area contributed by atoms with E-state index in [2.05, 4.69) is 15.0 Å². The zero-order valence-electron chi connectivity index (χ0n) is 13.9. The van der Waals surface area contributed by atoms with E-state index >= 15 is 0 Å². The van der Waals surface area contributed by atoms with Gasteiger partial charge in [-0.25, -0.2) is 18.1 Å². The average molecular weight is 408 g/mol. The van der Waals surface area contributed by atoms with Gasteiger partial charge in [-0.2, -0.15) is 0 Å². The minimum Gasteiger partial charge on any atom is -0.350 e. The van der Waals surface area contributed by atoms with Gasteiger partial charge in [-0.3, -0.25) is 4.79 Å². The Labute approximate surface area is 160 Å². The summed E-state index contributed by atoms with van der Waals surface area (Å²) in [6, 6.07) is 10.5. The van der Waals surface area contributed by atoms with E-state index in [9.17, 15) is 13.2 Å². The van der Waals surface area contributed by atoms with Crippen LogP contribution in [0.15, 0.2) is 52.9 Å². The fourth-order valence-electron chi connectivity index (χ4n) is 2.14. The molecule has 1 amide bonds. The second-order valence-corrected chi connectivity index (χ2v) is 9.22. The number of benzene rings is 1. The first-order valence-electron chi connectivity index (χ1n) is 7.80. The molecule has 136 valence electrons. The SMILES string of the molecule is Cc1ccc(S(=O)(=O)NCCNC(=O)c2cnc(-c3cccs3)s2)cc1. The largest absolute Gasteiger partial charge is 0.350 e. The van der Waals surface area contributed by atoms with Crippen LogP contribution < -0.4 is 10.0 Å². The monoisotopic (exact) mass is 407 g/mol. The topological polar surface area (TPSA) is 88.2 Å². The Hall–Kier alpha value is -2.07. The Morgan fingerprint density at radius 3 is 2.62 bits per heavy atom. The van der Waals surface area contributed by atoms with Crippen molar-refractivity contribution in [1.82, 2.24) is 15.0 Å². The molecule has 2 heterocycles. The van der Waals surface area contributed by atoms with Crippen LogP contribution in [0.4, 0.5) is 0 Å².